The SMILES string of the molecule is O=C(O)C(c1nccs1)c1ccccc1F. The van der Waals surface area contributed by atoms with Crippen molar-refractivity contribution in [2.24, 2.45) is 0 Å². The van der Waals surface area contributed by atoms with Gasteiger partial charge in [0.2, 0.25) is 0 Å². The first-order valence-electron chi connectivity index (χ1n) is 4.57. The lowest BCUT2D eigenvalue weighted by molar-refractivity contribution is -0.137. The molecule has 0 bridgehead atoms. The van der Waals surface area contributed by atoms with E-state index < -0.39 is 17.7 Å². The highest BCUT2D eigenvalue weighted by Gasteiger charge is 2.26. The van der Waals surface area contributed by atoms with Gasteiger partial charge in [-0.1, -0.05) is 18.2 Å². The van der Waals surface area contributed by atoms with Gasteiger partial charge in [-0.25, -0.2) is 9.37 Å². The minimum atomic E-state index is -1.10. The fourth-order valence-electron chi connectivity index (χ4n) is 1.46. The summed E-state index contributed by atoms with van der Waals surface area (Å²) in [5, 5.41) is 11.2. The molecule has 2 aromatic rings. The number of nitrogens with zero attached hydrogens (tertiary/aromatic N) is 1. The average Bonchev–Trinajstić information content (AvgIpc) is 2.74. The van der Waals surface area contributed by atoms with Gasteiger partial charge in [0.1, 0.15) is 16.7 Å². The van der Waals surface area contributed by atoms with Gasteiger partial charge in [-0.15, -0.1) is 11.3 Å². The molecule has 1 unspecified atom stereocenters. The van der Waals surface area contributed by atoms with Gasteiger partial charge in [0.05, 0.1) is 0 Å². The molecule has 0 saturated carbocycles. The van der Waals surface area contributed by atoms with Crippen LogP contribution < -0.4 is 0 Å². The number of benzene rings is 1. The summed E-state index contributed by atoms with van der Waals surface area (Å²) in [5.74, 6) is -2.65. The third-order valence-corrected chi connectivity index (χ3v) is 3.00. The fraction of sp³-hybridized carbons (Fsp3) is 0.0909. The summed E-state index contributed by atoms with van der Waals surface area (Å²) in [5.41, 5.74) is 0.143. The predicted molar refractivity (Wildman–Crippen MR) is 58.0 cm³/mol. The molecule has 1 N–H and O–H groups in total. The monoisotopic (exact) mass is 237 g/mol. The van der Waals surface area contributed by atoms with Crippen LogP contribution in [0.1, 0.15) is 16.5 Å². The summed E-state index contributed by atoms with van der Waals surface area (Å²) in [4.78, 5) is 15.1. The molecule has 1 aromatic carbocycles. The lowest BCUT2D eigenvalue weighted by atomic mass is 9.99. The average molecular weight is 237 g/mol. The topological polar surface area (TPSA) is 50.2 Å². The Morgan fingerprint density at radius 2 is 2.19 bits per heavy atom. The Morgan fingerprint density at radius 3 is 2.75 bits per heavy atom. The molecule has 0 amide bonds. The zero-order chi connectivity index (χ0) is 11.5. The van der Waals surface area contributed by atoms with E-state index in [1.54, 1.807) is 11.4 Å². The number of carboxylic acids is 1. The minimum absolute atomic E-state index is 0.143. The Balaban J connectivity index is 2.50. The predicted octanol–water partition coefficient (Wildman–Crippen LogP) is 2.50. The molecular weight excluding hydrogens is 229 g/mol. The van der Waals surface area contributed by atoms with E-state index in [1.165, 1.54) is 35.7 Å². The molecular formula is C11H8FNO2S. The summed E-state index contributed by atoms with van der Waals surface area (Å²) in [6.07, 6.45) is 1.51. The fourth-order valence-corrected chi connectivity index (χ4v) is 2.20. The standard InChI is InChI=1S/C11H8FNO2S/c12-8-4-2-1-3-7(8)9(11(14)15)10-13-5-6-16-10/h1-6,9H,(H,14,15). The van der Waals surface area contributed by atoms with E-state index in [1.807, 2.05) is 0 Å². The normalized spacial score (nSPS) is 12.3. The summed E-state index contributed by atoms with van der Waals surface area (Å²) >= 11 is 1.20. The van der Waals surface area contributed by atoms with Crippen molar-refractivity contribution in [2.75, 3.05) is 0 Å². The molecule has 0 aliphatic rings. The quantitative estimate of drug-likeness (QED) is 0.892. The maximum atomic E-state index is 13.5. The van der Waals surface area contributed by atoms with Crippen molar-refractivity contribution < 1.29 is 14.3 Å². The van der Waals surface area contributed by atoms with Crippen LogP contribution in [0.2, 0.25) is 0 Å². The van der Waals surface area contributed by atoms with Crippen LogP contribution in [0.25, 0.3) is 0 Å². The first-order valence-corrected chi connectivity index (χ1v) is 5.44. The van der Waals surface area contributed by atoms with E-state index in [-0.39, 0.29) is 5.56 Å². The highest BCUT2D eigenvalue weighted by Crippen LogP contribution is 2.28. The van der Waals surface area contributed by atoms with Crippen LogP contribution >= 0.6 is 11.3 Å². The van der Waals surface area contributed by atoms with Gasteiger partial charge in [-0.2, -0.15) is 0 Å². The maximum absolute atomic E-state index is 13.5. The summed E-state index contributed by atoms with van der Waals surface area (Å²) in [6.45, 7) is 0. The number of hydrogen-bond acceptors (Lipinski definition) is 3. The van der Waals surface area contributed by atoms with Crippen LogP contribution in [0.15, 0.2) is 35.8 Å². The molecule has 1 heterocycles. The van der Waals surface area contributed by atoms with Gasteiger partial charge in [0.15, 0.2) is 0 Å². The van der Waals surface area contributed by atoms with Gasteiger partial charge in [-0.3, -0.25) is 4.79 Å². The van der Waals surface area contributed by atoms with Crippen molar-refractivity contribution in [2.45, 2.75) is 5.92 Å². The molecule has 0 aliphatic carbocycles. The van der Waals surface area contributed by atoms with E-state index in [9.17, 15) is 9.18 Å². The van der Waals surface area contributed by atoms with Crippen LogP contribution in [-0.2, 0) is 4.79 Å². The molecule has 0 radical (unpaired) electrons. The Hall–Kier alpha value is -1.75. The third kappa shape index (κ3) is 1.94. The van der Waals surface area contributed by atoms with Crippen LogP contribution in [-0.4, -0.2) is 16.1 Å². The van der Waals surface area contributed by atoms with Crippen molar-refractivity contribution in [3.8, 4) is 0 Å². The molecule has 0 saturated heterocycles. The van der Waals surface area contributed by atoms with Crippen LogP contribution in [0, 0.1) is 5.82 Å². The summed E-state index contributed by atoms with van der Waals surface area (Å²) < 4.78 is 13.5. The second-order valence-electron chi connectivity index (χ2n) is 3.16. The highest BCUT2D eigenvalue weighted by atomic mass is 32.1. The van der Waals surface area contributed by atoms with Crippen molar-refractivity contribution in [1.82, 2.24) is 4.98 Å². The number of halogens is 1. The second-order valence-corrected chi connectivity index (χ2v) is 4.09. The molecule has 0 fully saturated rings. The van der Waals surface area contributed by atoms with E-state index in [0.717, 1.165) is 0 Å². The van der Waals surface area contributed by atoms with E-state index in [2.05, 4.69) is 4.98 Å². The minimum Gasteiger partial charge on any atom is -0.480 e. The van der Waals surface area contributed by atoms with E-state index in [4.69, 9.17) is 5.11 Å². The number of hydrogen-bond donors (Lipinski definition) is 1. The molecule has 0 aliphatic heterocycles. The summed E-state index contributed by atoms with van der Waals surface area (Å²) in [7, 11) is 0. The molecule has 1 atom stereocenters. The molecule has 3 nitrogen and oxygen atoms in total. The van der Waals surface area contributed by atoms with Crippen LogP contribution in [0.4, 0.5) is 4.39 Å². The number of thiazole rings is 1. The van der Waals surface area contributed by atoms with Gasteiger partial charge >= 0.3 is 5.97 Å². The Morgan fingerprint density at radius 1 is 1.44 bits per heavy atom. The van der Waals surface area contributed by atoms with E-state index in [0.29, 0.717) is 5.01 Å². The smallest absolute Gasteiger partial charge is 0.318 e. The zero-order valence-corrected chi connectivity index (χ0v) is 8.95. The summed E-state index contributed by atoms with van der Waals surface area (Å²) in [6, 6.07) is 5.86. The van der Waals surface area contributed by atoms with Crippen molar-refractivity contribution in [3.63, 3.8) is 0 Å². The maximum Gasteiger partial charge on any atom is 0.318 e. The Labute approximate surface area is 95.2 Å². The van der Waals surface area contributed by atoms with Crippen molar-refractivity contribution >= 4 is 17.3 Å². The van der Waals surface area contributed by atoms with Gasteiger partial charge in [0, 0.05) is 17.1 Å². The van der Waals surface area contributed by atoms with Crippen molar-refractivity contribution in [1.29, 1.82) is 0 Å². The van der Waals surface area contributed by atoms with E-state index >= 15 is 0 Å². The number of rotatable bonds is 3. The van der Waals surface area contributed by atoms with Gasteiger partial charge in [-0.05, 0) is 6.07 Å². The second kappa shape index (κ2) is 4.40. The number of carboxylic acid groups (broad SMARTS) is 1. The first-order chi connectivity index (χ1) is 7.70. The van der Waals surface area contributed by atoms with Gasteiger partial charge < -0.3 is 5.11 Å². The first kappa shape index (κ1) is 10.8. The van der Waals surface area contributed by atoms with Crippen molar-refractivity contribution in [3.05, 3.63) is 52.2 Å². The third-order valence-electron chi connectivity index (χ3n) is 2.16. The zero-order valence-electron chi connectivity index (χ0n) is 8.13. The lowest BCUT2D eigenvalue weighted by Crippen LogP contribution is -2.14. The molecule has 82 valence electrons. The van der Waals surface area contributed by atoms with Crippen LogP contribution in [0.3, 0.4) is 0 Å². The number of aromatic nitrogens is 1. The van der Waals surface area contributed by atoms with Crippen LogP contribution in [0.5, 0.6) is 0 Å². The highest BCUT2D eigenvalue weighted by molar-refractivity contribution is 7.09. The Bertz CT molecular complexity index is 498. The molecule has 1 aromatic heterocycles. The molecule has 2 rings (SSSR count). The molecule has 0 spiro atoms. The number of carbonyl (C=O) groups is 1. The lowest BCUT2D eigenvalue weighted by Gasteiger charge is -2.10. The number of aliphatic carboxylic acids is 1. The Kier molecular flexibility index (Phi) is 2.96. The van der Waals surface area contributed by atoms with Gasteiger partial charge in [0.25, 0.3) is 0 Å². The largest absolute Gasteiger partial charge is 0.480 e. The molecule has 16 heavy (non-hydrogen) atoms. The molecule has 5 heteroatoms.